The summed E-state index contributed by atoms with van der Waals surface area (Å²) >= 11 is 3.37. The molecule has 0 aliphatic rings. The number of azide groups is 1. The highest BCUT2D eigenvalue weighted by Crippen LogP contribution is 2.25. The molecule has 19 heavy (non-hydrogen) atoms. The van der Waals surface area contributed by atoms with Crippen molar-refractivity contribution in [1.82, 2.24) is 5.32 Å². The molecule has 0 saturated heterocycles. The Labute approximate surface area is 119 Å². The number of halogens is 1. The van der Waals surface area contributed by atoms with Gasteiger partial charge in [0, 0.05) is 22.5 Å². The van der Waals surface area contributed by atoms with Crippen molar-refractivity contribution in [2.24, 2.45) is 5.11 Å². The highest BCUT2D eigenvalue weighted by Gasteiger charge is 2.35. The van der Waals surface area contributed by atoms with Crippen LogP contribution in [0.2, 0.25) is 0 Å². The van der Waals surface area contributed by atoms with Crippen molar-refractivity contribution >= 4 is 21.9 Å². The molecule has 0 radical (unpaired) electrons. The third-order valence-electron chi connectivity index (χ3n) is 2.75. The van der Waals surface area contributed by atoms with Crippen molar-refractivity contribution in [1.29, 1.82) is 0 Å². The molecule has 0 heterocycles. The van der Waals surface area contributed by atoms with E-state index in [1.807, 2.05) is 24.3 Å². The Morgan fingerprint density at radius 2 is 2.37 bits per heavy atom. The molecular weight excluding hydrogens is 312 g/mol. The number of esters is 1. The van der Waals surface area contributed by atoms with Crippen molar-refractivity contribution in [3.63, 3.8) is 0 Å². The summed E-state index contributed by atoms with van der Waals surface area (Å²) in [5, 5.41) is 6.49. The number of ether oxygens (including phenoxy) is 1. The normalized spacial score (nSPS) is 13.2. The molecule has 1 N–H and O–H groups in total. The Morgan fingerprint density at radius 3 is 2.95 bits per heavy atom. The molecule has 0 aliphatic carbocycles. The van der Waals surface area contributed by atoms with E-state index in [2.05, 4.69) is 31.3 Å². The Balaban J connectivity index is 2.98. The van der Waals surface area contributed by atoms with E-state index in [1.54, 1.807) is 6.92 Å². The molecule has 0 bridgehead atoms. The summed E-state index contributed by atoms with van der Waals surface area (Å²) in [6.45, 7) is 2.37. The van der Waals surface area contributed by atoms with E-state index in [4.69, 9.17) is 10.3 Å². The predicted octanol–water partition coefficient (Wildman–Crippen LogP) is 2.74. The van der Waals surface area contributed by atoms with E-state index in [-0.39, 0.29) is 6.54 Å². The molecule has 0 amide bonds. The van der Waals surface area contributed by atoms with Crippen molar-refractivity contribution in [3.8, 4) is 0 Å². The molecule has 102 valence electrons. The fourth-order valence-electron chi connectivity index (χ4n) is 1.70. The van der Waals surface area contributed by atoms with Gasteiger partial charge in [0.1, 0.15) is 5.54 Å². The summed E-state index contributed by atoms with van der Waals surface area (Å²) in [6, 6.07) is 7.40. The molecule has 1 aromatic carbocycles. The second-order valence-electron chi connectivity index (χ2n) is 4.01. The van der Waals surface area contributed by atoms with Crippen LogP contribution >= 0.6 is 15.9 Å². The predicted molar refractivity (Wildman–Crippen MR) is 75.5 cm³/mol. The van der Waals surface area contributed by atoms with Crippen molar-refractivity contribution in [3.05, 3.63) is 44.7 Å². The first-order valence-electron chi connectivity index (χ1n) is 5.65. The van der Waals surface area contributed by atoms with Crippen LogP contribution in [0.5, 0.6) is 0 Å². The number of carbonyl (C=O) groups excluding carboxylic acids is 1. The van der Waals surface area contributed by atoms with Crippen LogP contribution in [0.25, 0.3) is 10.4 Å². The van der Waals surface area contributed by atoms with Gasteiger partial charge in [-0.15, -0.1) is 0 Å². The van der Waals surface area contributed by atoms with Gasteiger partial charge in [0.05, 0.1) is 7.11 Å². The minimum Gasteiger partial charge on any atom is -0.467 e. The number of nitrogens with one attached hydrogen (secondary N) is 1. The average Bonchev–Trinajstić information content (AvgIpc) is 2.42. The van der Waals surface area contributed by atoms with Gasteiger partial charge in [-0.25, -0.2) is 4.79 Å². The third kappa shape index (κ3) is 3.96. The summed E-state index contributed by atoms with van der Waals surface area (Å²) in [4.78, 5) is 14.7. The number of methoxy groups -OCH3 is 1. The summed E-state index contributed by atoms with van der Waals surface area (Å²) in [7, 11) is 1.34. The monoisotopic (exact) mass is 326 g/mol. The first kappa shape index (κ1) is 15.5. The zero-order chi connectivity index (χ0) is 14.3. The lowest BCUT2D eigenvalue weighted by molar-refractivity contribution is -0.148. The van der Waals surface area contributed by atoms with Crippen LogP contribution in [-0.2, 0) is 15.1 Å². The van der Waals surface area contributed by atoms with E-state index < -0.39 is 11.5 Å². The van der Waals surface area contributed by atoms with Gasteiger partial charge >= 0.3 is 5.97 Å². The van der Waals surface area contributed by atoms with Crippen LogP contribution in [0, 0.1) is 0 Å². The Kier molecular flexibility index (Phi) is 5.82. The molecule has 0 fully saturated rings. The number of benzene rings is 1. The fourth-order valence-corrected chi connectivity index (χ4v) is 2.10. The number of hydrogen-bond donors (Lipinski definition) is 1. The van der Waals surface area contributed by atoms with Crippen LogP contribution in [0.4, 0.5) is 0 Å². The second-order valence-corrected chi connectivity index (χ2v) is 4.92. The first-order chi connectivity index (χ1) is 9.04. The molecule has 1 atom stereocenters. The van der Waals surface area contributed by atoms with Gasteiger partial charge in [-0.2, -0.15) is 0 Å². The number of nitrogens with zero attached hydrogens (tertiary/aromatic N) is 3. The number of rotatable bonds is 6. The van der Waals surface area contributed by atoms with E-state index >= 15 is 0 Å². The van der Waals surface area contributed by atoms with Gasteiger partial charge < -0.3 is 4.74 Å². The number of carbonyl (C=O) groups is 1. The molecule has 7 heteroatoms. The van der Waals surface area contributed by atoms with Crippen LogP contribution in [-0.4, -0.2) is 26.2 Å². The van der Waals surface area contributed by atoms with E-state index in [1.165, 1.54) is 7.11 Å². The topological polar surface area (TPSA) is 87.1 Å². The van der Waals surface area contributed by atoms with Crippen LogP contribution < -0.4 is 5.32 Å². The number of hydrogen-bond acceptors (Lipinski definition) is 4. The van der Waals surface area contributed by atoms with Gasteiger partial charge in [-0.1, -0.05) is 33.2 Å². The van der Waals surface area contributed by atoms with Crippen LogP contribution in [0.15, 0.2) is 33.9 Å². The minimum atomic E-state index is -0.983. The van der Waals surface area contributed by atoms with Gasteiger partial charge in [0.2, 0.25) is 0 Å². The summed E-state index contributed by atoms with van der Waals surface area (Å²) in [5.74, 6) is -0.397. The maximum Gasteiger partial charge on any atom is 0.330 e. The molecule has 1 aromatic rings. The maximum atomic E-state index is 12.0. The highest BCUT2D eigenvalue weighted by atomic mass is 79.9. The third-order valence-corrected chi connectivity index (χ3v) is 3.24. The maximum absolute atomic E-state index is 12.0. The van der Waals surface area contributed by atoms with Gasteiger partial charge in [-0.3, -0.25) is 5.32 Å². The minimum absolute atomic E-state index is 0.261. The highest BCUT2D eigenvalue weighted by molar-refractivity contribution is 9.10. The van der Waals surface area contributed by atoms with E-state index in [0.29, 0.717) is 6.54 Å². The zero-order valence-electron chi connectivity index (χ0n) is 10.8. The molecular formula is C12H15BrN4O2. The summed E-state index contributed by atoms with van der Waals surface area (Å²) in [5.41, 5.74) is 8.03. The Morgan fingerprint density at radius 1 is 1.63 bits per heavy atom. The smallest absolute Gasteiger partial charge is 0.330 e. The van der Waals surface area contributed by atoms with Gasteiger partial charge in [0.25, 0.3) is 0 Å². The average molecular weight is 327 g/mol. The Bertz CT molecular complexity index is 502. The van der Waals surface area contributed by atoms with E-state index in [0.717, 1.165) is 10.0 Å². The fraction of sp³-hybridized carbons (Fsp3) is 0.417. The second kappa shape index (κ2) is 7.13. The quantitative estimate of drug-likeness (QED) is 0.286. The lowest BCUT2D eigenvalue weighted by Gasteiger charge is -2.28. The summed E-state index contributed by atoms with van der Waals surface area (Å²) < 4.78 is 5.72. The molecule has 0 saturated carbocycles. The van der Waals surface area contributed by atoms with Gasteiger partial charge in [-0.05, 0) is 30.2 Å². The van der Waals surface area contributed by atoms with Crippen molar-refractivity contribution in [2.75, 3.05) is 20.2 Å². The van der Waals surface area contributed by atoms with Crippen molar-refractivity contribution < 1.29 is 9.53 Å². The first-order valence-corrected chi connectivity index (χ1v) is 6.44. The standard InChI is InChI=1S/C12H15BrN4O2/c1-12(11(18)19-2,15-6-7-16-17-14)9-4-3-5-10(13)8-9/h3-5,8,15H,6-7H2,1-2H3. The van der Waals surface area contributed by atoms with Crippen LogP contribution in [0.3, 0.4) is 0 Å². The lowest BCUT2D eigenvalue weighted by Crippen LogP contribution is -2.48. The molecule has 1 rings (SSSR count). The molecule has 0 aliphatic heterocycles. The lowest BCUT2D eigenvalue weighted by atomic mass is 9.92. The van der Waals surface area contributed by atoms with Gasteiger partial charge in [0.15, 0.2) is 0 Å². The Hall–Kier alpha value is -1.56. The molecule has 0 spiro atoms. The largest absolute Gasteiger partial charge is 0.467 e. The SMILES string of the molecule is COC(=O)C(C)(NCCN=[N+]=[N-])c1cccc(Br)c1. The molecule has 0 aromatic heterocycles. The molecule has 1 unspecified atom stereocenters. The van der Waals surface area contributed by atoms with Crippen LogP contribution in [0.1, 0.15) is 12.5 Å². The zero-order valence-corrected chi connectivity index (χ0v) is 12.3. The summed E-state index contributed by atoms with van der Waals surface area (Å²) in [6.07, 6.45) is 0. The van der Waals surface area contributed by atoms with E-state index in [9.17, 15) is 4.79 Å². The van der Waals surface area contributed by atoms with Crippen molar-refractivity contribution in [2.45, 2.75) is 12.5 Å². The molecule has 6 nitrogen and oxygen atoms in total.